The molecule has 4 rings (SSSR count). The number of carbonyl (C=O) groups excluding carboxylic acids is 1. The molecule has 144 valence electrons. The fourth-order valence-corrected chi connectivity index (χ4v) is 4.69. The van der Waals surface area contributed by atoms with Gasteiger partial charge in [0.2, 0.25) is 0 Å². The second-order valence-corrected chi connectivity index (χ2v) is 8.31. The Kier molecular flexibility index (Phi) is 4.91. The minimum Gasteiger partial charge on any atom is -0.496 e. The number of carbonyl (C=O) groups is 1. The summed E-state index contributed by atoms with van der Waals surface area (Å²) in [7, 11) is 1.53. The van der Waals surface area contributed by atoms with E-state index in [0.717, 1.165) is 10.2 Å². The molecule has 28 heavy (non-hydrogen) atoms. The highest BCUT2D eigenvalue weighted by Crippen LogP contribution is 2.33. The lowest BCUT2D eigenvalue weighted by molar-refractivity contribution is 0.101. The van der Waals surface area contributed by atoms with Crippen molar-refractivity contribution in [1.29, 1.82) is 0 Å². The number of thiophene rings is 1. The van der Waals surface area contributed by atoms with Crippen molar-refractivity contribution in [3.8, 4) is 17.0 Å². The van der Waals surface area contributed by atoms with Gasteiger partial charge < -0.3 is 9.30 Å². The van der Waals surface area contributed by atoms with Crippen LogP contribution in [0.3, 0.4) is 0 Å². The summed E-state index contributed by atoms with van der Waals surface area (Å²) in [5.41, 5.74) is 2.74. The standard InChI is InChI=1S/C20H18FN3O2S2/c1-11(2)24-15-6-7-27-18(15)9-16(24)19(25)23-20-22-14(10-28-20)13-8-12(21)4-5-17(13)26-3/h4-11H,1-3H3,(H,22,23,25). The van der Waals surface area contributed by atoms with E-state index in [4.69, 9.17) is 4.74 Å². The molecule has 0 aliphatic carbocycles. The molecule has 0 saturated carbocycles. The third kappa shape index (κ3) is 3.29. The summed E-state index contributed by atoms with van der Waals surface area (Å²) < 4.78 is 22.0. The Morgan fingerprint density at radius 2 is 2.07 bits per heavy atom. The van der Waals surface area contributed by atoms with Crippen molar-refractivity contribution in [2.45, 2.75) is 19.9 Å². The maximum Gasteiger partial charge on any atom is 0.274 e. The van der Waals surface area contributed by atoms with Gasteiger partial charge in [0.05, 0.1) is 23.0 Å². The third-order valence-corrected chi connectivity index (χ3v) is 5.98. The number of methoxy groups -OCH3 is 1. The summed E-state index contributed by atoms with van der Waals surface area (Å²) >= 11 is 2.89. The molecule has 0 unspecified atom stereocenters. The molecular formula is C20H18FN3O2S2. The van der Waals surface area contributed by atoms with E-state index in [9.17, 15) is 9.18 Å². The van der Waals surface area contributed by atoms with Gasteiger partial charge in [-0.25, -0.2) is 9.37 Å². The molecule has 0 aliphatic heterocycles. The molecule has 4 aromatic rings. The number of nitrogens with zero attached hydrogens (tertiary/aromatic N) is 2. The fraction of sp³-hybridized carbons (Fsp3) is 0.200. The molecule has 1 amide bonds. The van der Waals surface area contributed by atoms with Crippen LogP contribution in [0.15, 0.2) is 41.1 Å². The number of thiazole rings is 1. The van der Waals surface area contributed by atoms with E-state index < -0.39 is 0 Å². The Labute approximate surface area is 169 Å². The number of fused-ring (bicyclic) bond motifs is 1. The summed E-state index contributed by atoms with van der Waals surface area (Å²) in [6, 6.07) is 8.34. The quantitative estimate of drug-likeness (QED) is 0.448. The van der Waals surface area contributed by atoms with Crippen LogP contribution >= 0.6 is 22.7 Å². The lowest BCUT2D eigenvalue weighted by Gasteiger charge is -2.13. The number of nitrogens with one attached hydrogen (secondary N) is 1. The lowest BCUT2D eigenvalue weighted by atomic mass is 10.1. The number of benzene rings is 1. The molecule has 5 nitrogen and oxygen atoms in total. The molecule has 0 spiro atoms. The minimum absolute atomic E-state index is 0.149. The Balaban J connectivity index is 1.63. The van der Waals surface area contributed by atoms with Gasteiger partial charge >= 0.3 is 0 Å². The van der Waals surface area contributed by atoms with Crippen molar-refractivity contribution < 1.29 is 13.9 Å². The second kappa shape index (κ2) is 7.37. The lowest BCUT2D eigenvalue weighted by Crippen LogP contribution is -2.18. The first-order valence-corrected chi connectivity index (χ1v) is 10.4. The third-order valence-electron chi connectivity index (χ3n) is 4.37. The molecule has 8 heteroatoms. The molecule has 3 aromatic heterocycles. The van der Waals surface area contributed by atoms with Crippen LogP contribution in [-0.4, -0.2) is 22.6 Å². The molecule has 0 aliphatic rings. The van der Waals surface area contributed by atoms with E-state index in [1.807, 2.05) is 35.9 Å². The Bertz CT molecular complexity index is 1160. The number of hydrogen-bond donors (Lipinski definition) is 1. The van der Waals surface area contributed by atoms with Crippen molar-refractivity contribution >= 4 is 43.9 Å². The SMILES string of the molecule is COc1ccc(F)cc1-c1csc(NC(=O)c2cc3sccc3n2C(C)C)n1. The second-order valence-electron chi connectivity index (χ2n) is 6.50. The number of halogens is 1. The van der Waals surface area contributed by atoms with E-state index >= 15 is 0 Å². The summed E-state index contributed by atoms with van der Waals surface area (Å²) in [5, 5.41) is 7.10. The minimum atomic E-state index is -0.371. The van der Waals surface area contributed by atoms with Crippen LogP contribution in [0, 0.1) is 5.82 Å². The van der Waals surface area contributed by atoms with Gasteiger partial charge in [-0.3, -0.25) is 10.1 Å². The molecule has 1 aromatic carbocycles. The van der Waals surface area contributed by atoms with E-state index in [0.29, 0.717) is 27.8 Å². The van der Waals surface area contributed by atoms with Gasteiger partial charge in [0.25, 0.3) is 5.91 Å². The number of hydrogen-bond acceptors (Lipinski definition) is 5. The number of rotatable bonds is 5. The fourth-order valence-electron chi connectivity index (χ4n) is 3.17. The van der Waals surface area contributed by atoms with E-state index in [2.05, 4.69) is 10.3 Å². The number of anilines is 1. The van der Waals surface area contributed by atoms with Gasteiger partial charge in [0.15, 0.2) is 5.13 Å². The van der Waals surface area contributed by atoms with Crippen molar-refractivity contribution in [1.82, 2.24) is 9.55 Å². The van der Waals surface area contributed by atoms with Gasteiger partial charge in [-0.15, -0.1) is 22.7 Å². The van der Waals surface area contributed by atoms with Crippen LogP contribution in [0.5, 0.6) is 5.75 Å². The average Bonchev–Trinajstić information content (AvgIpc) is 3.36. The first-order chi connectivity index (χ1) is 13.5. The first-order valence-electron chi connectivity index (χ1n) is 8.67. The smallest absolute Gasteiger partial charge is 0.274 e. The van der Waals surface area contributed by atoms with Gasteiger partial charge in [0, 0.05) is 17.0 Å². The van der Waals surface area contributed by atoms with E-state index in [1.54, 1.807) is 22.8 Å². The summed E-state index contributed by atoms with van der Waals surface area (Å²) in [6.45, 7) is 4.09. The van der Waals surface area contributed by atoms with Crippen LogP contribution in [0.2, 0.25) is 0 Å². The van der Waals surface area contributed by atoms with Crippen molar-refractivity contribution in [3.05, 3.63) is 52.6 Å². The normalized spacial score (nSPS) is 11.3. The number of aromatic nitrogens is 2. The van der Waals surface area contributed by atoms with Crippen LogP contribution in [0.4, 0.5) is 9.52 Å². The molecule has 0 fully saturated rings. The van der Waals surface area contributed by atoms with E-state index in [-0.39, 0.29) is 17.8 Å². The van der Waals surface area contributed by atoms with Gasteiger partial charge in [0.1, 0.15) is 17.3 Å². The zero-order valence-corrected chi connectivity index (χ0v) is 17.2. The number of amides is 1. The highest BCUT2D eigenvalue weighted by Gasteiger charge is 2.20. The largest absolute Gasteiger partial charge is 0.496 e. The Morgan fingerprint density at radius 3 is 2.82 bits per heavy atom. The van der Waals surface area contributed by atoms with Crippen LogP contribution in [0.25, 0.3) is 21.5 Å². The number of ether oxygens (including phenoxy) is 1. The zero-order chi connectivity index (χ0) is 19.8. The summed E-state index contributed by atoms with van der Waals surface area (Å²) in [5.74, 6) is -0.0630. The average molecular weight is 416 g/mol. The highest BCUT2D eigenvalue weighted by atomic mass is 32.1. The molecule has 0 atom stereocenters. The Hall–Kier alpha value is -2.71. The molecule has 0 bridgehead atoms. The molecule has 0 saturated heterocycles. The molecular weight excluding hydrogens is 397 g/mol. The predicted molar refractivity (Wildman–Crippen MR) is 112 cm³/mol. The zero-order valence-electron chi connectivity index (χ0n) is 15.5. The molecule has 0 radical (unpaired) electrons. The van der Waals surface area contributed by atoms with Crippen LogP contribution in [-0.2, 0) is 0 Å². The van der Waals surface area contributed by atoms with E-state index in [1.165, 1.54) is 30.6 Å². The monoisotopic (exact) mass is 415 g/mol. The molecule has 3 heterocycles. The van der Waals surface area contributed by atoms with Gasteiger partial charge in [-0.1, -0.05) is 0 Å². The van der Waals surface area contributed by atoms with Gasteiger partial charge in [-0.2, -0.15) is 0 Å². The van der Waals surface area contributed by atoms with Gasteiger partial charge in [-0.05, 0) is 49.6 Å². The first kappa shape index (κ1) is 18.6. The maximum absolute atomic E-state index is 13.6. The summed E-state index contributed by atoms with van der Waals surface area (Å²) in [6.07, 6.45) is 0. The molecule has 1 N–H and O–H groups in total. The van der Waals surface area contributed by atoms with Crippen LogP contribution < -0.4 is 10.1 Å². The maximum atomic E-state index is 13.6. The topological polar surface area (TPSA) is 56.1 Å². The highest BCUT2D eigenvalue weighted by molar-refractivity contribution is 7.17. The predicted octanol–water partition coefficient (Wildman–Crippen LogP) is 5.81. The summed E-state index contributed by atoms with van der Waals surface area (Å²) in [4.78, 5) is 17.3. The van der Waals surface area contributed by atoms with Crippen molar-refractivity contribution in [2.24, 2.45) is 0 Å². The van der Waals surface area contributed by atoms with Crippen LogP contribution in [0.1, 0.15) is 30.4 Å². The van der Waals surface area contributed by atoms with Crippen molar-refractivity contribution in [2.75, 3.05) is 12.4 Å². The van der Waals surface area contributed by atoms with Crippen molar-refractivity contribution in [3.63, 3.8) is 0 Å². The Morgan fingerprint density at radius 1 is 1.25 bits per heavy atom.